The van der Waals surface area contributed by atoms with Crippen molar-refractivity contribution in [1.82, 2.24) is 19.5 Å². The van der Waals surface area contributed by atoms with Crippen molar-refractivity contribution in [3.8, 4) is 23.3 Å². The predicted octanol–water partition coefficient (Wildman–Crippen LogP) is 4.72. The number of hydrogen-bond acceptors (Lipinski definition) is 7. The molecule has 2 amide bonds. The maximum absolute atomic E-state index is 14.5. The van der Waals surface area contributed by atoms with Crippen LogP contribution in [0.15, 0.2) is 42.6 Å². The first kappa shape index (κ1) is 25.5. The molecule has 2 aliphatic heterocycles. The van der Waals surface area contributed by atoms with Crippen LogP contribution >= 0.6 is 0 Å². The average molecular weight is 539 g/mol. The first-order valence-electron chi connectivity index (χ1n) is 13.0. The summed E-state index contributed by atoms with van der Waals surface area (Å²) in [6.07, 6.45) is 1.56. The van der Waals surface area contributed by atoms with Crippen LogP contribution in [-0.2, 0) is 10.3 Å². The lowest BCUT2D eigenvalue weighted by Gasteiger charge is -2.36. The number of hydrogen-bond donors (Lipinski definition) is 1. The number of carbonyl (C=O) groups excluding carboxylic acids is 2. The van der Waals surface area contributed by atoms with Gasteiger partial charge in [0.05, 0.1) is 25.5 Å². The molecule has 0 fully saturated rings. The summed E-state index contributed by atoms with van der Waals surface area (Å²) in [7, 11) is 2.97. The second-order valence-electron chi connectivity index (χ2n) is 10.6. The van der Waals surface area contributed by atoms with Gasteiger partial charge in [0.2, 0.25) is 5.88 Å². The van der Waals surface area contributed by atoms with E-state index in [9.17, 15) is 9.59 Å². The monoisotopic (exact) mass is 538 g/mol. The summed E-state index contributed by atoms with van der Waals surface area (Å²) in [6, 6.07) is 11.7. The van der Waals surface area contributed by atoms with Crippen molar-refractivity contribution in [1.29, 1.82) is 0 Å². The number of rotatable bonds is 5. The van der Waals surface area contributed by atoms with Crippen LogP contribution in [-0.4, -0.2) is 45.6 Å². The summed E-state index contributed by atoms with van der Waals surface area (Å²) in [5, 5.41) is 3.07. The van der Waals surface area contributed by atoms with E-state index in [1.807, 2.05) is 75.6 Å². The Kier molecular flexibility index (Phi) is 5.69. The Balaban J connectivity index is 1.72. The standard InChI is InChI=1S/C30H30N6O4/c1-15(2)35-24-23(33-25(35)20-14-31-29(40-7)34-26(20)39-6)27(37)36(19-11-17(4)10-18(5)12-19)30(24)21-9-8-16(3)13-22(21)32-28(30)38/h8-15H,1-7H3,(H,32,38). The van der Waals surface area contributed by atoms with Gasteiger partial charge in [0.25, 0.3) is 11.8 Å². The molecular weight excluding hydrogens is 508 g/mol. The van der Waals surface area contributed by atoms with Gasteiger partial charge in [-0.05, 0) is 69.5 Å². The van der Waals surface area contributed by atoms with Gasteiger partial charge in [0.15, 0.2) is 11.2 Å². The van der Waals surface area contributed by atoms with Gasteiger partial charge in [-0.15, -0.1) is 0 Å². The first-order chi connectivity index (χ1) is 19.1. The molecule has 0 aliphatic carbocycles. The van der Waals surface area contributed by atoms with Gasteiger partial charge in [-0.2, -0.15) is 4.98 Å². The number of benzene rings is 2. The number of aromatic nitrogens is 4. The minimum atomic E-state index is -1.48. The Bertz CT molecular complexity index is 1710. The highest BCUT2D eigenvalue weighted by Crippen LogP contribution is 2.54. The van der Waals surface area contributed by atoms with Crippen LogP contribution in [0.5, 0.6) is 11.9 Å². The van der Waals surface area contributed by atoms with E-state index < -0.39 is 5.54 Å². The maximum Gasteiger partial charge on any atom is 0.319 e. The highest BCUT2D eigenvalue weighted by atomic mass is 16.5. The predicted molar refractivity (Wildman–Crippen MR) is 150 cm³/mol. The van der Waals surface area contributed by atoms with Gasteiger partial charge in [0.1, 0.15) is 5.82 Å². The second-order valence-corrected chi connectivity index (χ2v) is 10.6. The summed E-state index contributed by atoms with van der Waals surface area (Å²) in [6.45, 7) is 9.90. The molecule has 1 spiro atoms. The molecule has 10 nitrogen and oxygen atoms in total. The number of anilines is 2. The molecule has 1 unspecified atom stereocenters. The Morgan fingerprint density at radius 1 is 0.925 bits per heavy atom. The van der Waals surface area contributed by atoms with Crippen molar-refractivity contribution in [2.45, 2.75) is 46.2 Å². The van der Waals surface area contributed by atoms with Gasteiger partial charge in [-0.3, -0.25) is 14.5 Å². The van der Waals surface area contributed by atoms with Gasteiger partial charge in [-0.1, -0.05) is 18.2 Å². The van der Waals surface area contributed by atoms with E-state index in [2.05, 4.69) is 15.3 Å². The van der Waals surface area contributed by atoms with Crippen molar-refractivity contribution in [2.75, 3.05) is 24.4 Å². The number of ether oxygens (including phenoxy) is 2. The van der Waals surface area contributed by atoms with Crippen LogP contribution in [0, 0.1) is 20.8 Å². The molecule has 0 bridgehead atoms. The van der Waals surface area contributed by atoms with Crippen LogP contribution in [0.25, 0.3) is 11.4 Å². The second kappa shape index (κ2) is 8.90. The molecule has 4 heterocycles. The summed E-state index contributed by atoms with van der Waals surface area (Å²) >= 11 is 0. The molecule has 204 valence electrons. The fourth-order valence-corrected chi connectivity index (χ4v) is 6.00. The number of amides is 2. The third-order valence-corrected chi connectivity index (χ3v) is 7.47. The minimum Gasteiger partial charge on any atom is -0.480 e. The van der Waals surface area contributed by atoms with Gasteiger partial charge < -0.3 is 19.4 Å². The number of nitrogens with zero attached hydrogens (tertiary/aromatic N) is 5. The number of aryl methyl sites for hydroxylation is 3. The number of fused-ring (bicyclic) bond motifs is 4. The van der Waals surface area contributed by atoms with E-state index in [1.165, 1.54) is 14.2 Å². The summed E-state index contributed by atoms with van der Waals surface area (Å²) in [5.74, 6) is 0.000857. The van der Waals surface area contributed by atoms with Crippen molar-refractivity contribution in [3.05, 3.63) is 76.2 Å². The third-order valence-electron chi connectivity index (χ3n) is 7.47. The molecule has 2 aliphatic rings. The largest absolute Gasteiger partial charge is 0.480 e. The zero-order valence-electron chi connectivity index (χ0n) is 23.5. The van der Waals surface area contributed by atoms with Crippen molar-refractivity contribution >= 4 is 23.2 Å². The molecule has 1 atom stereocenters. The van der Waals surface area contributed by atoms with Crippen LogP contribution in [0.4, 0.5) is 11.4 Å². The summed E-state index contributed by atoms with van der Waals surface area (Å²) < 4.78 is 12.7. The molecule has 40 heavy (non-hydrogen) atoms. The van der Waals surface area contributed by atoms with Crippen LogP contribution in [0.3, 0.4) is 0 Å². The van der Waals surface area contributed by atoms with Crippen molar-refractivity contribution in [2.24, 2.45) is 0 Å². The third kappa shape index (κ3) is 3.38. The fraction of sp³-hybridized carbons (Fsp3) is 0.300. The Hall–Kier alpha value is -4.73. The smallest absolute Gasteiger partial charge is 0.319 e. The Labute approximate surface area is 232 Å². The molecule has 6 rings (SSSR count). The topological polar surface area (TPSA) is 111 Å². The van der Waals surface area contributed by atoms with E-state index in [0.29, 0.717) is 34.0 Å². The minimum absolute atomic E-state index is 0.142. The molecule has 4 aromatic rings. The number of imidazole rings is 1. The van der Waals surface area contributed by atoms with E-state index in [0.717, 1.165) is 16.7 Å². The quantitative estimate of drug-likeness (QED) is 0.391. The SMILES string of the molecule is COc1ncc(-c2nc3c(n2C(C)C)C2(C(=O)Nc4cc(C)ccc42)N(c2cc(C)cc(C)c2)C3=O)c(OC)n1. The van der Waals surface area contributed by atoms with E-state index in [-0.39, 0.29) is 35.4 Å². The lowest BCUT2D eigenvalue weighted by molar-refractivity contribution is -0.119. The number of methoxy groups -OCH3 is 2. The van der Waals surface area contributed by atoms with Crippen LogP contribution in [0.2, 0.25) is 0 Å². The molecule has 2 aromatic carbocycles. The molecular formula is C30H30N6O4. The molecule has 0 saturated heterocycles. The summed E-state index contributed by atoms with van der Waals surface area (Å²) in [4.78, 5) is 43.9. The number of nitrogens with one attached hydrogen (secondary N) is 1. The highest BCUT2D eigenvalue weighted by Gasteiger charge is 2.64. The molecule has 1 N–H and O–H groups in total. The fourth-order valence-electron chi connectivity index (χ4n) is 6.00. The molecule has 2 aromatic heterocycles. The average Bonchev–Trinajstić information content (AvgIpc) is 3.51. The van der Waals surface area contributed by atoms with Crippen molar-refractivity contribution < 1.29 is 19.1 Å². The van der Waals surface area contributed by atoms with E-state index in [1.54, 1.807) is 11.1 Å². The normalized spacial score (nSPS) is 17.4. The first-order valence-corrected chi connectivity index (χ1v) is 13.0. The molecule has 0 saturated carbocycles. The molecule has 0 radical (unpaired) electrons. The number of carbonyl (C=O) groups is 2. The molecule has 10 heteroatoms. The van der Waals surface area contributed by atoms with Crippen molar-refractivity contribution in [3.63, 3.8) is 0 Å². The zero-order valence-corrected chi connectivity index (χ0v) is 23.5. The van der Waals surface area contributed by atoms with E-state index in [4.69, 9.17) is 14.5 Å². The van der Waals surface area contributed by atoms with Crippen LogP contribution < -0.4 is 19.7 Å². The van der Waals surface area contributed by atoms with Gasteiger partial charge in [-0.25, -0.2) is 9.97 Å². The van der Waals surface area contributed by atoms with Crippen LogP contribution in [0.1, 0.15) is 58.3 Å². The van der Waals surface area contributed by atoms with Gasteiger partial charge >= 0.3 is 6.01 Å². The van der Waals surface area contributed by atoms with E-state index >= 15 is 0 Å². The Morgan fingerprint density at radius 3 is 2.30 bits per heavy atom. The lowest BCUT2D eigenvalue weighted by Crippen LogP contribution is -2.51. The lowest BCUT2D eigenvalue weighted by atomic mass is 9.86. The highest BCUT2D eigenvalue weighted by molar-refractivity contribution is 6.23. The Morgan fingerprint density at radius 2 is 1.65 bits per heavy atom. The summed E-state index contributed by atoms with van der Waals surface area (Å²) in [5.41, 5.74) is 4.66. The van der Waals surface area contributed by atoms with Gasteiger partial charge in [0, 0.05) is 29.2 Å². The zero-order chi connectivity index (χ0) is 28.5. The maximum atomic E-state index is 14.5.